The first-order chi connectivity index (χ1) is 16.1. The van der Waals surface area contributed by atoms with Crippen LogP contribution in [0.4, 0.5) is 15.9 Å². The zero-order valence-corrected chi connectivity index (χ0v) is 19.1. The molecule has 3 N–H and O–H groups in total. The minimum atomic E-state index is -1.27. The number of aliphatic hydroxyl groups excluding tert-OH is 2. The number of nitrogens with zero attached hydrogens (tertiary/aromatic N) is 5. The largest absolute Gasteiger partial charge is 0.387 e. The van der Waals surface area contributed by atoms with Crippen molar-refractivity contribution in [2.75, 3.05) is 5.32 Å². The molecule has 1 aromatic carbocycles. The Bertz CT molecular complexity index is 1350. The number of benzene rings is 1. The molecular weight excluding hydrogens is 443 g/mol. The number of aliphatic hydroxyl groups is 2. The van der Waals surface area contributed by atoms with Gasteiger partial charge in [-0.3, -0.25) is 4.57 Å². The van der Waals surface area contributed by atoms with Crippen LogP contribution in [0.5, 0.6) is 0 Å². The lowest BCUT2D eigenvalue weighted by Gasteiger charge is -2.16. The van der Waals surface area contributed by atoms with Crippen molar-refractivity contribution in [2.24, 2.45) is 0 Å². The Morgan fingerprint density at radius 3 is 2.59 bits per heavy atom. The molecule has 34 heavy (non-hydrogen) atoms. The SMILES string of the molecule is Cc1cc(F)ccc1Nc1ncnc2c1ncn2[C@@H]1O[C@H](c2cc(C(C)(C)C)no2)[C@@H](O)[C@H]1O. The summed E-state index contributed by atoms with van der Waals surface area (Å²) in [6, 6.07) is 6.11. The van der Waals surface area contributed by atoms with E-state index in [0.717, 1.165) is 0 Å². The van der Waals surface area contributed by atoms with Gasteiger partial charge in [0.05, 0.1) is 12.0 Å². The fourth-order valence-electron chi connectivity index (χ4n) is 3.93. The molecule has 11 heteroatoms. The highest BCUT2D eigenvalue weighted by Gasteiger charge is 2.47. The molecular formula is C23H25FN6O4. The third-order valence-corrected chi connectivity index (χ3v) is 5.89. The number of ether oxygens (including phenoxy) is 1. The van der Waals surface area contributed by atoms with E-state index in [1.807, 2.05) is 20.8 Å². The molecule has 0 spiro atoms. The second-order valence-corrected chi connectivity index (χ2v) is 9.42. The lowest BCUT2D eigenvalue weighted by molar-refractivity contribution is -0.0434. The first-order valence-corrected chi connectivity index (χ1v) is 10.8. The maximum absolute atomic E-state index is 13.5. The summed E-state index contributed by atoms with van der Waals surface area (Å²) in [6.45, 7) is 7.76. The van der Waals surface area contributed by atoms with E-state index < -0.39 is 24.5 Å². The van der Waals surface area contributed by atoms with Crippen LogP contribution in [0.1, 0.15) is 50.1 Å². The van der Waals surface area contributed by atoms with Crippen molar-refractivity contribution in [3.8, 4) is 0 Å². The van der Waals surface area contributed by atoms with Crippen LogP contribution in [0.2, 0.25) is 0 Å². The summed E-state index contributed by atoms with van der Waals surface area (Å²) in [4.78, 5) is 13.0. The van der Waals surface area contributed by atoms with Gasteiger partial charge in [-0.15, -0.1) is 0 Å². The van der Waals surface area contributed by atoms with Gasteiger partial charge in [0.2, 0.25) is 0 Å². The fraction of sp³-hybridized carbons (Fsp3) is 0.391. The predicted molar refractivity (Wildman–Crippen MR) is 120 cm³/mol. The van der Waals surface area contributed by atoms with Crippen LogP contribution in [-0.4, -0.2) is 47.1 Å². The standard InChI is InChI=1S/C23H25FN6O4/c1-11-7-12(24)5-6-13(11)28-20-16-21(26-9-25-20)30(10-27-16)22-18(32)17(31)19(33-22)14-8-15(29-34-14)23(2,3)4/h5-10,17-19,22,31-32H,1-4H3,(H,25,26,28)/t17-,18+,19+,22+/m0/s1. The van der Waals surface area contributed by atoms with Crippen LogP contribution in [0.25, 0.3) is 11.2 Å². The quantitative estimate of drug-likeness (QED) is 0.413. The Morgan fingerprint density at radius 2 is 1.88 bits per heavy atom. The smallest absolute Gasteiger partial charge is 0.168 e. The number of hydrogen-bond acceptors (Lipinski definition) is 9. The summed E-state index contributed by atoms with van der Waals surface area (Å²) in [5, 5.41) is 28.7. The molecule has 0 aliphatic carbocycles. The normalized spacial score (nSPS) is 23.0. The Morgan fingerprint density at radius 1 is 1.09 bits per heavy atom. The number of halogens is 1. The Labute approximate surface area is 194 Å². The molecule has 0 bridgehead atoms. The van der Waals surface area contributed by atoms with Crippen LogP contribution in [-0.2, 0) is 10.2 Å². The second kappa shape index (κ2) is 8.12. The first kappa shape index (κ1) is 22.4. The molecule has 1 aliphatic heterocycles. The van der Waals surface area contributed by atoms with Crippen molar-refractivity contribution in [2.45, 2.75) is 57.6 Å². The van der Waals surface area contributed by atoms with Gasteiger partial charge in [-0.1, -0.05) is 25.9 Å². The predicted octanol–water partition coefficient (Wildman–Crippen LogP) is 3.29. The van der Waals surface area contributed by atoms with Gasteiger partial charge in [0.15, 0.2) is 29.0 Å². The number of aryl methyl sites for hydroxylation is 1. The molecule has 1 fully saturated rings. The van der Waals surface area contributed by atoms with Crippen molar-refractivity contribution in [1.29, 1.82) is 0 Å². The van der Waals surface area contributed by atoms with Gasteiger partial charge in [-0.25, -0.2) is 19.3 Å². The third-order valence-electron chi connectivity index (χ3n) is 5.89. The maximum atomic E-state index is 13.5. The first-order valence-electron chi connectivity index (χ1n) is 10.8. The molecule has 0 unspecified atom stereocenters. The molecule has 10 nitrogen and oxygen atoms in total. The van der Waals surface area contributed by atoms with E-state index in [0.29, 0.717) is 39.7 Å². The third kappa shape index (κ3) is 3.81. The number of aromatic nitrogens is 5. The van der Waals surface area contributed by atoms with Gasteiger partial charge in [0, 0.05) is 17.2 Å². The van der Waals surface area contributed by atoms with Gasteiger partial charge in [0.1, 0.15) is 30.5 Å². The van der Waals surface area contributed by atoms with E-state index in [9.17, 15) is 14.6 Å². The highest BCUT2D eigenvalue weighted by molar-refractivity contribution is 5.85. The zero-order valence-electron chi connectivity index (χ0n) is 19.1. The van der Waals surface area contributed by atoms with E-state index >= 15 is 0 Å². The number of nitrogens with one attached hydrogen (secondary N) is 1. The topological polar surface area (TPSA) is 131 Å². The molecule has 0 saturated carbocycles. The maximum Gasteiger partial charge on any atom is 0.168 e. The fourth-order valence-corrected chi connectivity index (χ4v) is 3.93. The molecule has 4 atom stereocenters. The van der Waals surface area contributed by atoms with Crippen LogP contribution in [0.3, 0.4) is 0 Å². The summed E-state index contributed by atoms with van der Waals surface area (Å²) in [5.41, 5.74) is 2.66. The molecule has 1 aliphatic rings. The highest BCUT2D eigenvalue weighted by atomic mass is 19.1. The summed E-state index contributed by atoms with van der Waals surface area (Å²) < 4.78 is 26.4. The van der Waals surface area contributed by atoms with Crippen LogP contribution in [0.15, 0.2) is 41.4 Å². The molecule has 3 aromatic heterocycles. The van der Waals surface area contributed by atoms with E-state index in [-0.39, 0.29) is 11.2 Å². The number of rotatable bonds is 4. The molecule has 4 aromatic rings. The van der Waals surface area contributed by atoms with Gasteiger partial charge in [-0.05, 0) is 30.7 Å². The minimum Gasteiger partial charge on any atom is -0.387 e. The number of hydrogen-bond donors (Lipinski definition) is 3. The monoisotopic (exact) mass is 468 g/mol. The summed E-state index contributed by atoms with van der Waals surface area (Å²) >= 11 is 0. The van der Waals surface area contributed by atoms with E-state index in [1.165, 1.54) is 29.4 Å². The van der Waals surface area contributed by atoms with Crippen molar-refractivity contribution < 1.29 is 23.9 Å². The van der Waals surface area contributed by atoms with Crippen LogP contribution in [0, 0.1) is 12.7 Å². The number of imidazole rings is 1. The van der Waals surface area contributed by atoms with Gasteiger partial charge < -0.3 is 24.8 Å². The van der Waals surface area contributed by atoms with Crippen molar-refractivity contribution in [1.82, 2.24) is 24.7 Å². The molecule has 4 heterocycles. The average molecular weight is 468 g/mol. The lowest BCUT2D eigenvalue weighted by atomic mass is 9.92. The van der Waals surface area contributed by atoms with Crippen LogP contribution < -0.4 is 5.32 Å². The zero-order chi connectivity index (χ0) is 24.2. The van der Waals surface area contributed by atoms with Gasteiger partial charge in [0.25, 0.3) is 0 Å². The minimum absolute atomic E-state index is 0.243. The van der Waals surface area contributed by atoms with E-state index in [2.05, 4.69) is 25.4 Å². The summed E-state index contributed by atoms with van der Waals surface area (Å²) in [7, 11) is 0. The van der Waals surface area contributed by atoms with Gasteiger partial charge >= 0.3 is 0 Å². The molecule has 0 radical (unpaired) electrons. The Hall–Kier alpha value is -3.41. The molecule has 5 rings (SSSR count). The Balaban J connectivity index is 1.45. The average Bonchev–Trinajstić information content (AvgIpc) is 3.49. The highest BCUT2D eigenvalue weighted by Crippen LogP contribution is 2.41. The van der Waals surface area contributed by atoms with Gasteiger partial charge in [-0.2, -0.15) is 0 Å². The van der Waals surface area contributed by atoms with Crippen LogP contribution >= 0.6 is 0 Å². The van der Waals surface area contributed by atoms with Crippen molar-refractivity contribution in [3.63, 3.8) is 0 Å². The molecule has 178 valence electrons. The number of fused-ring (bicyclic) bond motifs is 1. The summed E-state index contributed by atoms with van der Waals surface area (Å²) in [5.74, 6) is 0.405. The Kier molecular flexibility index (Phi) is 5.34. The van der Waals surface area contributed by atoms with Crippen molar-refractivity contribution in [3.05, 3.63) is 59.8 Å². The number of anilines is 2. The van der Waals surface area contributed by atoms with Crippen molar-refractivity contribution >= 4 is 22.7 Å². The molecule has 0 amide bonds. The second-order valence-electron chi connectivity index (χ2n) is 9.42. The lowest BCUT2D eigenvalue weighted by Crippen LogP contribution is -2.28. The van der Waals surface area contributed by atoms with E-state index in [4.69, 9.17) is 9.26 Å². The van der Waals surface area contributed by atoms with E-state index in [1.54, 1.807) is 19.1 Å². The molecule has 1 saturated heterocycles. The summed E-state index contributed by atoms with van der Waals surface area (Å²) in [6.07, 6.45) is -1.58.